The lowest BCUT2D eigenvalue weighted by molar-refractivity contribution is 0.404. The summed E-state index contributed by atoms with van der Waals surface area (Å²) in [5.41, 5.74) is 5.76. The summed E-state index contributed by atoms with van der Waals surface area (Å²) in [6.07, 6.45) is 0. The van der Waals surface area contributed by atoms with E-state index in [-0.39, 0.29) is 11.2 Å². The van der Waals surface area contributed by atoms with Gasteiger partial charge in [0.05, 0.1) is 17.3 Å². The van der Waals surface area contributed by atoms with Crippen LogP contribution in [0, 0.1) is 0 Å². The van der Waals surface area contributed by atoms with Crippen LogP contribution in [0.2, 0.25) is 0 Å². The Kier molecular flexibility index (Phi) is 4.85. The second-order valence-electron chi connectivity index (χ2n) is 4.66. The van der Waals surface area contributed by atoms with Gasteiger partial charge in [0.1, 0.15) is 11.6 Å². The Morgan fingerprint density at radius 3 is 2.57 bits per heavy atom. The fourth-order valence-corrected chi connectivity index (χ4v) is 2.75. The van der Waals surface area contributed by atoms with Crippen LogP contribution >= 0.6 is 11.8 Å². The first-order valence-corrected chi connectivity index (χ1v) is 7.37. The summed E-state index contributed by atoms with van der Waals surface area (Å²) in [4.78, 5) is 15.6. The van der Waals surface area contributed by atoms with Crippen molar-refractivity contribution in [2.75, 3.05) is 31.8 Å². The number of aromatic nitrogens is 3. The maximum absolute atomic E-state index is 5.76. The Hall–Kier alpha value is -2.02. The standard InChI is InChI=1S/C14H19N5OS/c1-9(21-11-8-6-5-7-10(11)20-4)12-16-13(15)18-14(17-12)19(2)3/h5-9H,1-4H3,(H2,15,16,17,18). The van der Waals surface area contributed by atoms with E-state index in [0.29, 0.717) is 11.8 Å². The summed E-state index contributed by atoms with van der Waals surface area (Å²) in [5, 5.41) is 0.0327. The third-order valence-corrected chi connectivity index (χ3v) is 3.95. The Bertz CT molecular complexity index is 620. The number of hydrogen-bond acceptors (Lipinski definition) is 7. The molecule has 0 saturated carbocycles. The van der Waals surface area contributed by atoms with Gasteiger partial charge in [-0.3, -0.25) is 0 Å². The Labute approximate surface area is 128 Å². The van der Waals surface area contributed by atoms with E-state index in [1.54, 1.807) is 18.9 Å². The number of thioether (sulfide) groups is 1. The van der Waals surface area contributed by atoms with Crippen LogP contribution in [-0.4, -0.2) is 36.2 Å². The highest BCUT2D eigenvalue weighted by atomic mass is 32.2. The summed E-state index contributed by atoms with van der Waals surface area (Å²) < 4.78 is 5.36. The Morgan fingerprint density at radius 2 is 1.90 bits per heavy atom. The molecule has 2 aromatic rings. The van der Waals surface area contributed by atoms with Gasteiger partial charge in [-0.1, -0.05) is 12.1 Å². The number of nitrogens with zero attached hydrogens (tertiary/aromatic N) is 4. The van der Waals surface area contributed by atoms with Crippen molar-refractivity contribution in [2.45, 2.75) is 17.1 Å². The number of rotatable bonds is 5. The molecule has 0 bridgehead atoms. The topological polar surface area (TPSA) is 77.2 Å². The predicted octanol–water partition coefficient (Wildman–Crippen LogP) is 2.38. The summed E-state index contributed by atoms with van der Waals surface area (Å²) >= 11 is 1.63. The van der Waals surface area contributed by atoms with Gasteiger partial charge in [-0.2, -0.15) is 15.0 Å². The van der Waals surface area contributed by atoms with Gasteiger partial charge in [0.2, 0.25) is 11.9 Å². The summed E-state index contributed by atoms with van der Waals surface area (Å²) in [6, 6.07) is 7.86. The number of benzene rings is 1. The largest absolute Gasteiger partial charge is 0.496 e. The molecule has 112 valence electrons. The molecule has 1 atom stereocenters. The molecular weight excluding hydrogens is 286 g/mol. The predicted molar refractivity (Wildman–Crippen MR) is 85.8 cm³/mol. The van der Waals surface area contributed by atoms with E-state index < -0.39 is 0 Å². The third-order valence-electron chi connectivity index (χ3n) is 2.79. The quantitative estimate of drug-likeness (QED) is 0.850. The third kappa shape index (κ3) is 3.75. The van der Waals surface area contributed by atoms with Gasteiger partial charge in [-0.25, -0.2) is 0 Å². The maximum atomic E-state index is 5.76. The number of hydrogen-bond donors (Lipinski definition) is 1. The lowest BCUT2D eigenvalue weighted by Crippen LogP contribution is -2.16. The molecule has 0 radical (unpaired) electrons. The molecule has 2 rings (SSSR count). The van der Waals surface area contributed by atoms with Crippen molar-refractivity contribution in [3.8, 4) is 5.75 Å². The van der Waals surface area contributed by atoms with Gasteiger partial charge in [-0.05, 0) is 19.1 Å². The smallest absolute Gasteiger partial charge is 0.229 e. The van der Waals surface area contributed by atoms with Crippen molar-refractivity contribution >= 4 is 23.7 Å². The molecule has 0 spiro atoms. The van der Waals surface area contributed by atoms with E-state index in [1.807, 2.05) is 50.2 Å². The molecule has 0 fully saturated rings. The number of nitrogen functional groups attached to an aromatic ring is 1. The maximum Gasteiger partial charge on any atom is 0.229 e. The fraction of sp³-hybridized carbons (Fsp3) is 0.357. The minimum atomic E-state index is 0.0327. The first-order chi connectivity index (χ1) is 10.0. The van der Waals surface area contributed by atoms with Crippen molar-refractivity contribution in [3.05, 3.63) is 30.1 Å². The molecule has 2 N–H and O–H groups in total. The monoisotopic (exact) mass is 305 g/mol. The van der Waals surface area contributed by atoms with Gasteiger partial charge >= 0.3 is 0 Å². The minimum Gasteiger partial charge on any atom is -0.496 e. The van der Waals surface area contributed by atoms with Gasteiger partial charge in [-0.15, -0.1) is 11.8 Å². The number of anilines is 2. The molecule has 0 aliphatic heterocycles. The van der Waals surface area contributed by atoms with Crippen LogP contribution in [0.3, 0.4) is 0 Å². The zero-order chi connectivity index (χ0) is 15.4. The highest BCUT2D eigenvalue weighted by Crippen LogP contribution is 2.38. The molecule has 6 nitrogen and oxygen atoms in total. The van der Waals surface area contributed by atoms with Gasteiger partial charge in [0.15, 0.2) is 0 Å². The highest BCUT2D eigenvalue weighted by molar-refractivity contribution is 7.99. The molecule has 1 heterocycles. The molecule has 1 aromatic heterocycles. The van der Waals surface area contributed by atoms with E-state index in [1.165, 1.54) is 0 Å². The molecule has 0 amide bonds. The summed E-state index contributed by atoms with van der Waals surface area (Å²) in [7, 11) is 5.41. The van der Waals surface area contributed by atoms with Crippen LogP contribution in [0.5, 0.6) is 5.75 Å². The molecular formula is C14H19N5OS. The van der Waals surface area contributed by atoms with Gasteiger partial charge in [0.25, 0.3) is 0 Å². The molecule has 7 heteroatoms. The first kappa shape index (κ1) is 15.4. The Balaban J connectivity index is 2.26. The highest BCUT2D eigenvalue weighted by Gasteiger charge is 2.16. The van der Waals surface area contributed by atoms with Crippen molar-refractivity contribution in [1.29, 1.82) is 0 Å². The van der Waals surface area contributed by atoms with Crippen LogP contribution in [0.25, 0.3) is 0 Å². The van der Waals surface area contributed by atoms with E-state index in [2.05, 4.69) is 15.0 Å². The van der Waals surface area contributed by atoms with E-state index >= 15 is 0 Å². The van der Waals surface area contributed by atoms with Gasteiger partial charge in [0, 0.05) is 14.1 Å². The Morgan fingerprint density at radius 1 is 1.19 bits per heavy atom. The normalized spacial score (nSPS) is 12.0. The van der Waals surface area contributed by atoms with Crippen LogP contribution in [-0.2, 0) is 0 Å². The van der Waals surface area contributed by atoms with Crippen LogP contribution in [0.15, 0.2) is 29.2 Å². The zero-order valence-corrected chi connectivity index (χ0v) is 13.4. The number of para-hydroxylation sites is 1. The summed E-state index contributed by atoms with van der Waals surface area (Å²) in [5.74, 6) is 2.28. The lowest BCUT2D eigenvalue weighted by Gasteiger charge is -2.15. The van der Waals surface area contributed by atoms with Gasteiger partial charge < -0.3 is 15.4 Å². The van der Waals surface area contributed by atoms with E-state index in [0.717, 1.165) is 10.6 Å². The summed E-state index contributed by atoms with van der Waals surface area (Å²) in [6.45, 7) is 2.03. The van der Waals surface area contributed by atoms with E-state index in [9.17, 15) is 0 Å². The van der Waals surface area contributed by atoms with Crippen LogP contribution in [0.1, 0.15) is 18.0 Å². The minimum absolute atomic E-state index is 0.0327. The van der Waals surface area contributed by atoms with Crippen molar-refractivity contribution in [1.82, 2.24) is 15.0 Å². The van der Waals surface area contributed by atoms with Crippen molar-refractivity contribution < 1.29 is 4.74 Å². The zero-order valence-electron chi connectivity index (χ0n) is 12.6. The first-order valence-electron chi connectivity index (χ1n) is 6.49. The second kappa shape index (κ2) is 6.62. The average molecular weight is 305 g/mol. The number of methoxy groups -OCH3 is 1. The second-order valence-corrected chi connectivity index (χ2v) is 6.04. The number of nitrogens with two attached hydrogens (primary N) is 1. The molecule has 1 unspecified atom stereocenters. The van der Waals surface area contributed by atoms with Crippen LogP contribution < -0.4 is 15.4 Å². The van der Waals surface area contributed by atoms with Crippen LogP contribution in [0.4, 0.5) is 11.9 Å². The molecule has 1 aromatic carbocycles. The van der Waals surface area contributed by atoms with Crippen molar-refractivity contribution in [3.63, 3.8) is 0 Å². The molecule has 0 aliphatic rings. The van der Waals surface area contributed by atoms with Crippen molar-refractivity contribution in [2.24, 2.45) is 0 Å². The molecule has 0 saturated heterocycles. The molecule has 0 aliphatic carbocycles. The van der Waals surface area contributed by atoms with E-state index in [4.69, 9.17) is 10.5 Å². The molecule has 21 heavy (non-hydrogen) atoms. The lowest BCUT2D eigenvalue weighted by atomic mass is 10.3. The number of ether oxygens (including phenoxy) is 1. The average Bonchev–Trinajstić information content (AvgIpc) is 2.47. The fourth-order valence-electron chi connectivity index (χ4n) is 1.74. The SMILES string of the molecule is COc1ccccc1SC(C)c1nc(N)nc(N(C)C)n1.